The zero-order valence-electron chi connectivity index (χ0n) is 20.8. The molecule has 190 valence electrons. The number of nitrogens with zero attached hydrogens (tertiary/aromatic N) is 1. The molecule has 3 aromatic carbocycles. The highest BCUT2D eigenvalue weighted by atomic mass is 35.5. The van der Waals surface area contributed by atoms with Gasteiger partial charge in [-0.1, -0.05) is 54.1 Å². The van der Waals surface area contributed by atoms with Gasteiger partial charge in [0.1, 0.15) is 17.9 Å². The van der Waals surface area contributed by atoms with Gasteiger partial charge in [-0.2, -0.15) is 0 Å². The van der Waals surface area contributed by atoms with Crippen molar-refractivity contribution in [2.24, 2.45) is 0 Å². The summed E-state index contributed by atoms with van der Waals surface area (Å²) in [5.74, 6) is 0.415. The van der Waals surface area contributed by atoms with Crippen LogP contribution in [0.4, 0.5) is 0 Å². The van der Waals surface area contributed by atoms with E-state index < -0.39 is 6.04 Å². The van der Waals surface area contributed by atoms with Gasteiger partial charge in [-0.3, -0.25) is 9.59 Å². The molecule has 0 saturated heterocycles. The van der Waals surface area contributed by atoms with Crippen molar-refractivity contribution in [1.29, 1.82) is 0 Å². The monoisotopic (exact) mass is 517 g/mol. The van der Waals surface area contributed by atoms with Gasteiger partial charge in [-0.25, -0.2) is 0 Å². The van der Waals surface area contributed by atoms with E-state index in [1.54, 1.807) is 23.1 Å². The molecule has 1 aromatic heterocycles. The minimum atomic E-state index is -0.610. The maximum absolute atomic E-state index is 13.7. The highest BCUT2D eigenvalue weighted by Gasteiger charge is 2.42. The Balaban J connectivity index is 1.53. The van der Waals surface area contributed by atoms with Crippen molar-refractivity contribution in [3.8, 4) is 5.75 Å². The molecule has 5 rings (SSSR count). The molecule has 1 aliphatic rings. The Morgan fingerprint density at radius 3 is 2.59 bits per heavy atom. The van der Waals surface area contributed by atoms with Crippen LogP contribution >= 0.6 is 11.6 Å². The van der Waals surface area contributed by atoms with E-state index in [0.29, 0.717) is 53.5 Å². The van der Waals surface area contributed by atoms with Gasteiger partial charge in [0.15, 0.2) is 5.43 Å². The van der Waals surface area contributed by atoms with E-state index in [1.165, 1.54) is 0 Å². The summed E-state index contributed by atoms with van der Waals surface area (Å²) in [6.07, 6.45) is 0.719. The lowest BCUT2D eigenvalue weighted by Gasteiger charge is -2.25. The number of amides is 1. The molecule has 1 unspecified atom stereocenters. The molecule has 0 bridgehead atoms. The highest BCUT2D eigenvalue weighted by Crippen LogP contribution is 2.39. The van der Waals surface area contributed by atoms with Crippen LogP contribution in [-0.2, 0) is 11.3 Å². The summed E-state index contributed by atoms with van der Waals surface area (Å²) in [6, 6.07) is 21.7. The molecule has 1 atom stereocenters. The zero-order valence-corrected chi connectivity index (χ0v) is 21.5. The summed E-state index contributed by atoms with van der Waals surface area (Å²) in [4.78, 5) is 29.0. The first kappa shape index (κ1) is 25.1. The van der Waals surface area contributed by atoms with Crippen molar-refractivity contribution in [1.82, 2.24) is 4.90 Å². The molecule has 0 N–H and O–H groups in total. The lowest BCUT2D eigenvalue weighted by atomic mass is 9.98. The second kappa shape index (κ2) is 10.8. The van der Waals surface area contributed by atoms with Crippen molar-refractivity contribution in [3.63, 3.8) is 0 Å². The van der Waals surface area contributed by atoms with Crippen LogP contribution in [-0.4, -0.2) is 30.1 Å². The van der Waals surface area contributed by atoms with Gasteiger partial charge in [0.2, 0.25) is 5.76 Å². The summed E-state index contributed by atoms with van der Waals surface area (Å²) in [7, 11) is 0. The summed E-state index contributed by atoms with van der Waals surface area (Å²) >= 11 is 6.18. The Labute approximate surface area is 220 Å². The van der Waals surface area contributed by atoms with Crippen molar-refractivity contribution >= 4 is 28.5 Å². The highest BCUT2D eigenvalue weighted by molar-refractivity contribution is 6.31. The van der Waals surface area contributed by atoms with Gasteiger partial charge < -0.3 is 18.8 Å². The quantitative estimate of drug-likeness (QED) is 0.241. The minimum Gasteiger partial charge on any atom is -0.489 e. The topological polar surface area (TPSA) is 69.0 Å². The first-order valence-corrected chi connectivity index (χ1v) is 12.8. The molecule has 2 heterocycles. The molecule has 0 fully saturated rings. The second-order valence-electron chi connectivity index (χ2n) is 9.34. The van der Waals surface area contributed by atoms with Gasteiger partial charge in [0, 0.05) is 18.2 Å². The molecule has 6 nitrogen and oxygen atoms in total. The van der Waals surface area contributed by atoms with Crippen LogP contribution in [0.15, 0.2) is 82.0 Å². The minimum absolute atomic E-state index is 0.0743. The number of benzene rings is 3. The number of carbonyl (C=O) groups excluding carboxylic acids is 1. The maximum atomic E-state index is 13.7. The molecule has 7 heteroatoms. The fourth-order valence-corrected chi connectivity index (χ4v) is 4.81. The van der Waals surface area contributed by atoms with Crippen LogP contribution in [0.3, 0.4) is 0 Å². The molecule has 1 aliphatic heterocycles. The summed E-state index contributed by atoms with van der Waals surface area (Å²) in [6.45, 7) is 5.27. The third-order valence-electron chi connectivity index (χ3n) is 6.34. The third kappa shape index (κ3) is 5.26. The Hall–Kier alpha value is -3.61. The first-order chi connectivity index (χ1) is 17.9. The fraction of sp³-hybridized carbons (Fsp3) is 0.267. The van der Waals surface area contributed by atoms with Crippen LogP contribution < -0.4 is 10.2 Å². The van der Waals surface area contributed by atoms with Crippen molar-refractivity contribution < 1.29 is 18.7 Å². The fourth-order valence-electron chi connectivity index (χ4n) is 4.64. The summed E-state index contributed by atoms with van der Waals surface area (Å²) in [5.41, 5.74) is 2.23. The summed E-state index contributed by atoms with van der Waals surface area (Å²) in [5, 5.41) is 0.783. The van der Waals surface area contributed by atoms with Crippen LogP contribution in [0.25, 0.3) is 11.0 Å². The number of halogens is 1. The number of ether oxygens (including phenoxy) is 2. The molecule has 1 amide bonds. The molecule has 0 saturated carbocycles. The number of hydrogen-bond donors (Lipinski definition) is 0. The molecule has 0 spiro atoms. The van der Waals surface area contributed by atoms with Crippen molar-refractivity contribution in [2.75, 3.05) is 13.2 Å². The average molecular weight is 518 g/mol. The molecular weight excluding hydrogens is 490 g/mol. The third-order valence-corrected chi connectivity index (χ3v) is 6.58. The van der Waals surface area contributed by atoms with E-state index in [0.717, 1.165) is 11.1 Å². The van der Waals surface area contributed by atoms with Crippen LogP contribution in [0, 0.1) is 0 Å². The van der Waals surface area contributed by atoms with E-state index >= 15 is 0 Å². The van der Waals surface area contributed by atoms with E-state index in [9.17, 15) is 9.59 Å². The average Bonchev–Trinajstić information content (AvgIpc) is 3.18. The molecular formula is C30H28ClNO5. The predicted octanol–water partition coefficient (Wildman–Crippen LogP) is 6.39. The van der Waals surface area contributed by atoms with Gasteiger partial charge in [0.05, 0.1) is 23.1 Å². The number of carbonyl (C=O) groups is 1. The van der Waals surface area contributed by atoms with Gasteiger partial charge in [-0.05, 0) is 61.7 Å². The molecule has 0 aliphatic carbocycles. The van der Waals surface area contributed by atoms with Crippen molar-refractivity contribution in [2.45, 2.75) is 39.0 Å². The van der Waals surface area contributed by atoms with Crippen molar-refractivity contribution in [3.05, 3.63) is 110 Å². The smallest absolute Gasteiger partial charge is 0.290 e. The largest absolute Gasteiger partial charge is 0.489 e. The zero-order chi connectivity index (χ0) is 25.9. The Morgan fingerprint density at radius 1 is 1.00 bits per heavy atom. The second-order valence-corrected chi connectivity index (χ2v) is 9.77. The standard InChI is InChI=1S/C30H28ClNO5/c1-19(2)35-15-7-14-32-27(21-10-6-11-23(16-21)36-18-20-8-4-3-5-9-20)26-28(33)24-17-22(31)12-13-25(24)37-29(26)30(32)34/h3-6,8-13,16-17,19,27H,7,14-15,18H2,1-2H3. The number of rotatable bonds is 9. The molecule has 4 aromatic rings. The molecule has 37 heavy (non-hydrogen) atoms. The summed E-state index contributed by atoms with van der Waals surface area (Å²) < 4.78 is 17.7. The maximum Gasteiger partial charge on any atom is 0.290 e. The van der Waals surface area contributed by atoms with E-state index in [2.05, 4.69) is 0 Å². The normalized spacial score (nSPS) is 15.0. The van der Waals surface area contributed by atoms with Gasteiger partial charge in [0.25, 0.3) is 5.91 Å². The Kier molecular flexibility index (Phi) is 7.31. The van der Waals surface area contributed by atoms with E-state index in [-0.39, 0.29) is 23.2 Å². The predicted molar refractivity (Wildman–Crippen MR) is 143 cm³/mol. The van der Waals surface area contributed by atoms with E-state index in [1.807, 2.05) is 68.4 Å². The van der Waals surface area contributed by atoms with Gasteiger partial charge >= 0.3 is 0 Å². The van der Waals surface area contributed by atoms with E-state index in [4.69, 9.17) is 25.5 Å². The lowest BCUT2D eigenvalue weighted by molar-refractivity contribution is 0.0593. The SMILES string of the molecule is CC(C)OCCCN1C(=O)c2oc3ccc(Cl)cc3c(=O)c2C1c1cccc(OCc2ccccc2)c1. The number of fused-ring (bicyclic) bond motifs is 2. The number of hydrogen-bond acceptors (Lipinski definition) is 5. The van der Waals surface area contributed by atoms with Crippen LogP contribution in [0.5, 0.6) is 5.75 Å². The van der Waals surface area contributed by atoms with Crippen LogP contribution in [0.2, 0.25) is 5.02 Å². The van der Waals surface area contributed by atoms with Gasteiger partial charge in [-0.15, -0.1) is 0 Å². The Bertz CT molecular complexity index is 1480. The lowest BCUT2D eigenvalue weighted by Crippen LogP contribution is -2.31. The first-order valence-electron chi connectivity index (χ1n) is 12.4. The van der Waals surface area contributed by atoms with Crippen LogP contribution in [0.1, 0.15) is 53.6 Å². The molecule has 0 radical (unpaired) electrons. The Morgan fingerprint density at radius 2 is 1.81 bits per heavy atom.